The third-order valence-corrected chi connectivity index (χ3v) is 8.11. The number of nitrogens with zero attached hydrogens (tertiary/aromatic N) is 1. The van der Waals surface area contributed by atoms with Crippen molar-refractivity contribution in [2.24, 2.45) is 0 Å². The first kappa shape index (κ1) is 21.4. The molecule has 0 bridgehead atoms. The average Bonchev–Trinajstić information content (AvgIpc) is 2.90. The molecule has 2 aromatic rings. The van der Waals surface area contributed by atoms with E-state index in [1.54, 1.807) is 13.0 Å². The number of hydrogen-bond acceptors (Lipinski definition) is 6. The molecular formula is C18H19ClN2O6S2. The van der Waals surface area contributed by atoms with Crippen LogP contribution in [0.2, 0.25) is 5.02 Å². The summed E-state index contributed by atoms with van der Waals surface area (Å²) in [6.45, 7) is 3.25. The van der Waals surface area contributed by atoms with Gasteiger partial charge in [-0.1, -0.05) is 11.6 Å². The van der Waals surface area contributed by atoms with E-state index >= 15 is 0 Å². The lowest BCUT2D eigenvalue weighted by molar-refractivity contribution is -0.116. The molecule has 1 aliphatic rings. The van der Waals surface area contributed by atoms with Crippen molar-refractivity contribution < 1.29 is 26.4 Å². The van der Waals surface area contributed by atoms with Crippen molar-refractivity contribution in [2.75, 3.05) is 21.9 Å². The van der Waals surface area contributed by atoms with Crippen LogP contribution in [0.15, 0.2) is 35.2 Å². The van der Waals surface area contributed by atoms with Gasteiger partial charge in [-0.3, -0.25) is 9.52 Å². The predicted octanol–water partition coefficient (Wildman–Crippen LogP) is 2.83. The number of halogens is 1. The Hall–Kier alpha value is -2.30. The molecule has 0 aromatic heterocycles. The number of sulfonamides is 2. The number of ether oxygens (including phenoxy) is 1. The van der Waals surface area contributed by atoms with Gasteiger partial charge in [0.05, 0.1) is 29.1 Å². The number of hydrogen-bond donors (Lipinski definition) is 1. The Labute approximate surface area is 174 Å². The molecule has 0 unspecified atom stereocenters. The summed E-state index contributed by atoms with van der Waals surface area (Å²) in [6.07, 6.45) is -0.0985. The summed E-state index contributed by atoms with van der Waals surface area (Å²) >= 11 is 6.05. The standard InChI is InChI=1S/C18H19ClN2O6S2/c1-11-9-15(16(27-3)10-14(11)19)20-29(25,26)17-5-4-13(8-12(17)2)21-18(22)6-7-28(21,23)24/h4-5,8-10,20H,6-7H2,1-3H3. The zero-order valence-electron chi connectivity index (χ0n) is 15.9. The van der Waals surface area contributed by atoms with Crippen LogP contribution in [-0.4, -0.2) is 35.6 Å². The molecule has 1 fully saturated rings. The van der Waals surface area contributed by atoms with Crippen LogP contribution in [0.25, 0.3) is 0 Å². The molecule has 1 N–H and O–H groups in total. The molecule has 1 saturated heterocycles. The van der Waals surface area contributed by atoms with E-state index in [1.807, 2.05) is 0 Å². The van der Waals surface area contributed by atoms with Crippen LogP contribution in [0.4, 0.5) is 11.4 Å². The smallest absolute Gasteiger partial charge is 0.262 e. The largest absolute Gasteiger partial charge is 0.495 e. The van der Waals surface area contributed by atoms with E-state index in [9.17, 15) is 21.6 Å². The van der Waals surface area contributed by atoms with Gasteiger partial charge in [0.1, 0.15) is 5.75 Å². The minimum Gasteiger partial charge on any atom is -0.495 e. The Kier molecular flexibility index (Phi) is 5.54. The molecule has 11 heteroatoms. The number of benzene rings is 2. The summed E-state index contributed by atoms with van der Waals surface area (Å²) in [6, 6.07) is 6.99. The lowest BCUT2D eigenvalue weighted by Gasteiger charge is -2.18. The maximum absolute atomic E-state index is 12.9. The van der Waals surface area contributed by atoms with Crippen molar-refractivity contribution in [3.8, 4) is 5.75 Å². The van der Waals surface area contributed by atoms with E-state index in [4.69, 9.17) is 16.3 Å². The second-order valence-corrected chi connectivity index (χ2v) is 10.6. The zero-order valence-corrected chi connectivity index (χ0v) is 18.3. The number of carbonyl (C=O) groups is 1. The van der Waals surface area contributed by atoms with Crippen molar-refractivity contribution >= 4 is 48.9 Å². The van der Waals surface area contributed by atoms with Crippen molar-refractivity contribution in [1.29, 1.82) is 0 Å². The minimum absolute atomic E-state index is 0.0556. The van der Waals surface area contributed by atoms with E-state index in [2.05, 4.69) is 4.72 Å². The molecule has 0 atom stereocenters. The van der Waals surface area contributed by atoms with E-state index < -0.39 is 26.0 Å². The van der Waals surface area contributed by atoms with Crippen LogP contribution in [0, 0.1) is 13.8 Å². The number of nitrogens with one attached hydrogen (secondary N) is 1. The Morgan fingerprint density at radius 3 is 2.38 bits per heavy atom. The maximum Gasteiger partial charge on any atom is 0.262 e. The summed E-state index contributed by atoms with van der Waals surface area (Å²) in [5, 5.41) is 0.432. The Morgan fingerprint density at radius 2 is 1.83 bits per heavy atom. The van der Waals surface area contributed by atoms with Gasteiger partial charge >= 0.3 is 0 Å². The number of methoxy groups -OCH3 is 1. The van der Waals surface area contributed by atoms with E-state index in [0.29, 0.717) is 10.6 Å². The van der Waals surface area contributed by atoms with Crippen LogP contribution in [-0.2, 0) is 24.8 Å². The number of aryl methyl sites for hydroxylation is 2. The van der Waals surface area contributed by atoms with Gasteiger partial charge in [-0.15, -0.1) is 0 Å². The first-order chi connectivity index (χ1) is 13.5. The number of anilines is 2. The van der Waals surface area contributed by atoms with Crippen LogP contribution in [0.1, 0.15) is 17.5 Å². The highest BCUT2D eigenvalue weighted by Crippen LogP contribution is 2.34. The molecule has 0 spiro atoms. The summed E-state index contributed by atoms with van der Waals surface area (Å²) < 4.78 is 58.4. The van der Waals surface area contributed by atoms with Crippen LogP contribution in [0.5, 0.6) is 5.75 Å². The van der Waals surface area contributed by atoms with Gasteiger partial charge in [0.25, 0.3) is 10.0 Å². The monoisotopic (exact) mass is 458 g/mol. The van der Waals surface area contributed by atoms with Gasteiger partial charge in [-0.05, 0) is 49.2 Å². The highest BCUT2D eigenvalue weighted by atomic mass is 35.5. The lowest BCUT2D eigenvalue weighted by Crippen LogP contribution is -2.29. The van der Waals surface area contributed by atoms with Gasteiger partial charge < -0.3 is 4.74 Å². The highest BCUT2D eigenvalue weighted by molar-refractivity contribution is 7.94. The van der Waals surface area contributed by atoms with Crippen LogP contribution < -0.4 is 13.8 Å². The summed E-state index contributed by atoms with van der Waals surface area (Å²) in [7, 11) is -6.35. The lowest BCUT2D eigenvalue weighted by atomic mass is 10.2. The van der Waals surface area contributed by atoms with Crippen molar-refractivity contribution in [3.05, 3.63) is 46.5 Å². The normalized spacial score (nSPS) is 16.1. The second-order valence-electron chi connectivity index (χ2n) is 6.58. The molecule has 8 nitrogen and oxygen atoms in total. The topological polar surface area (TPSA) is 110 Å². The number of amides is 1. The minimum atomic E-state index is -4.01. The molecule has 1 heterocycles. The van der Waals surface area contributed by atoms with Crippen molar-refractivity contribution in [1.82, 2.24) is 0 Å². The number of carbonyl (C=O) groups excluding carboxylic acids is 1. The molecule has 0 saturated carbocycles. The molecule has 3 rings (SSSR count). The van der Waals surface area contributed by atoms with Gasteiger partial charge in [-0.2, -0.15) is 0 Å². The van der Waals surface area contributed by atoms with Crippen molar-refractivity contribution in [3.63, 3.8) is 0 Å². The predicted molar refractivity (Wildman–Crippen MR) is 111 cm³/mol. The van der Waals surface area contributed by atoms with E-state index in [0.717, 1.165) is 4.31 Å². The average molecular weight is 459 g/mol. The fraction of sp³-hybridized carbons (Fsp3) is 0.278. The first-order valence-electron chi connectivity index (χ1n) is 8.50. The summed E-state index contributed by atoms with van der Waals surface area (Å²) in [5.41, 5.74) is 1.28. The van der Waals surface area contributed by atoms with E-state index in [-0.39, 0.29) is 39.8 Å². The third-order valence-electron chi connectivity index (χ3n) is 4.49. The SMILES string of the molecule is COc1cc(Cl)c(C)cc1NS(=O)(=O)c1ccc(N2C(=O)CCS2(=O)=O)cc1C. The van der Waals surface area contributed by atoms with E-state index in [1.165, 1.54) is 38.3 Å². The summed E-state index contributed by atoms with van der Waals surface area (Å²) in [4.78, 5) is 11.9. The van der Waals surface area contributed by atoms with Crippen molar-refractivity contribution in [2.45, 2.75) is 25.2 Å². The molecule has 29 heavy (non-hydrogen) atoms. The molecule has 2 aromatic carbocycles. The Balaban J connectivity index is 1.99. The highest BCUT2D eigenvalue weighted by Gasteiger charge is 2.36. The molecule has 0 aliphatic carbocycles. The van der Waals surface area contributed by atoms with Gasteiger partial charge in [0, 0.05) is 17.5 Å². The fourth-order valence-electron chi connectivity index (χ4n) is 3.04. The second kappa shape index (κ2) is 7.51. The Bertz CT molecular complexity index is 1210. The van der Waals surface area contributed by atoms with Crippen LogP contribution >= 0.6 is 11.6 Å². The summed E-state index contributed by atoms with van der Waals surface area (Å²) in [5.74, 6) is -0.547. The van der Waals surface area contributed by atoms with Crippen LogP contribution in [0.3, 0.4) is 0 Å². The molecule has 0 radical (unpaired) electrons. The van der Waals surface area contributed by atoms with Gasteiger partial charge in [0.2, 0.25) is 15.9 Å². The van der Waals surface area contributed by atoms with Gasteiger partial charge in [0.15, 0.2) is 0 Å². The zero-order chi connectivity index (χ0) is 21.6. The molecule has 1 amide bonds. The molecule has 156 valence electrons. The molecule has 1 aliphatic heterocycles. The quantitative estimate of drug-likeness (QED) is 0.737. The fourth-order valence-corrected chi connectivity index (χ4v) is 5.94. The number of rotatable bonds is 5. The maximum atomic E-state index is 12.9. The molecular weight excluding hydrogens is 440 g/mol. The first-order valence-corrected chi connectivity index (χ1v) is 12.0. The van der Waals surface area contributed by atoms with Gasteiger partial charge in [-0.25, -0.2) is 21.1 Å². The Morgan fingerprint density at radius 1 is 1.14 bits per heavy atom. The third kappa shape index (κ3) is 4.05.